The Morgan fingerprint density at radius 1 is 1.26 bits per heavy atom. The third-order valence-corrected chi connectivity index (χ3v) is 3.98. The first-order valence-electron chi connectivity index (χ1n) is 5.88. The number of ether oxygens (including phenoxy) is 2. The molecule has 1 rings (SSSR count). The van der Waals surface area contributed by atoms with Gasteiger partial charge in [0.05, 0.1) is 14.2 Å². The van der Waals surface area contributed by atoms with Crippen LogP contribution in [0, 0.1) is 0 Å². The largest absolute Gasteiger partial charge is 0.497 e. The molecule has 0 aliphatic carbocycles. The lowest BCUT2D eigenvalue weighted by Crippen LogP contribution is -2.25. The molecule has 0 amide bonds. The maximum Gasteiger partial charge on any atom is 0.244 e. The Balaban J connectivity index is 2.98. The number of methoxy groups -OCH3 is 2. The molecule has 5 nitrogen and oxygen atoms in total. The van der Waals surface area contributed by atoms with E-state index in [1.807, 2.05) is 19.1 Å². The first kappa shape index (κ1) is 15.5. The number of rotatable bonds is 7. The second kappa shape index (κ2) is 7.16. The standard InChI is InChI=1S/C13H19NO4S/c1-4-5-6-9-14-19(15,16)13-10-11(17-2)7-8-12(13)18-3/h4-5,7-8,10,14H,6,9H2,1-3H3/b5-4+. The molecular formula is C13H19NO4S. The molecule has 1 aromatic rings. The Kier molecular flexibility index (Phi) is 5.85. The Morgan fingerprint density at radius 2 is 2.00 bits per heavy atom. The summed E-state index contributed by atoms with van der Waals surface area (Å²) < 4.78 is 37.0. The molecule has 19 heavy (non-hydrogen) atoms. The van der Waals surface area contributed by atoms with E-state index in [2.05, 4.69) is 4.72 Å². The molecule has 0 bridgehead atoms. The number of nitrogens with one attached hydrogen (secondary N) is 1. The summed E-state index contributed by atoms with van der Waals surface area (Å²) in [6.07, 6.45) is 4.41. The molecule has 0 saturated heterocycles. The average molecular weight is 285 g/mol. The molecule has 6 heteroatoms. The normalized spacial score (nSPS) is 11.7. The van der Waals surface area contributed by atoms with Crippen LogP contribution in [-0.4, -0.2) is 29.2 Å². The Hall–Kier alpha value is -1.53. The summed E-state index contributed by atoms with van der Waals surface area (Å²) in [5.74, 6) is 0.758. The van der Waals surface area contributed by atoms with Crippen molar-refractivity contribution in [1.29, 1.82) is 0 Å². The molecule has 0 aliphatic rings. The van der Waals surface area contributed by atoms with E-state index in [1.165, 1.54) is 20.3 Å². The van der Waals surface area contributed by atoms with E-state index in [1.54, 1.807) is 12.1 Å². The van der Waals surface area contributed by atoms with Crippen LogP contribution in [0.5, 0.6) is 11.5 Å². The minimum absolute atomic E-state index is 0.0785. The van der Waals surface area contributed by atoms with Crippen LogP contribution in [-0.2, 0) is 10.0 Å². The van der Waals surface area contributed by atoms with E-state index >= 15 is 0 Å². The minimum atomic E-state index is -3.60. The van der Waals surface area contributed by atoms with Crippen LogP contribution in [0.25, 0.3) is 0 Å². The molecular weight excluding hydrogens is 266 g/mol. The molecule has 0 aromatic heterocycles. The van der Waals surface area contributed by atoms with Gasteiger partial charge in [0.15, 0.2) is 0 Å². The number of allylic oxidation sites excluding steroid dienone is 1. The fourth-order valence-electron chi connectivity index (χ4n) is 1.52. The maximum absolute atomic E-state index is 12.2. The Labute approximate surface area is 114 Å². The first-order chi connectivity index (χ1) is 9.05. The minimum Gasteiger partial charge on any atom is -0.497 e. The molecule has 0 saturated carbocycles. The molecule has 0 radical (unpaired) electrons. The predicted molar refractivity (Wildman–Crippen MR) is 74.2 cm³/mol. The number of hydrogen-bond acceptors (Lipinski definition) is 4. The molecule has 0 unspecified atom stereocenters. The zero-order valence-electron chi connectivity index (χ0n) is 11.3. The zero-order chi connectivity index (χ0) is 14.3. The fraction of sp³-hybridized carbons (Fsp3) is 0.385. The topological polar surface area (TPSA) is 64.6 Å². The van der Waals surface area contributed by atoms with Gasteiger partial charge in [-0.25, -0.2) is 13.1 Å². The highest BCUT2D eigenvalue weighted by atomic mass is 32.2. The molecule has 0 heterocycles. The summed E-state index contributed by atoms with van der Waals surface area (Å²) in [6.45, 7) is 2.23. The van der Waals surface area contributed by atoms with Gasteiger partial charge in [0.2, 0.25) is 10.0 Å². The Bertz CT molecular complexity index is 538. The number of hydrogen-bond donors (Lipinski definition) is 1. The predicted octanol–water partition coefficient (Wildman–Crippen LogP) is 1.95. The van der Waals surface area contributed by atoms with Crippen molar-refractivity contribution >= 4 is 10.0 Å². The van der Waals surface area contributed by atoms with Crippen LogP contribution in [0.3, 0.4) is 0 Å². The molecule has 0 spiro atoms. The van der Waals surface area contributed by atoms with Gasteiger partial charge in [0, 0.05) is 12.6 Å². The third kappa shape index (κ3) is 4.25. The van der Waals surface area contributed by atoms with E-state index < -0.39 is 10.0 Å². The van der Waals surface area contributed by atoms with Gasteiger partial charge in [0.25, 0.3) is 0 Å². The molecule has 0 aliphatic heterocycles. The van der Waals surface area contributed by atoms with E-state index in [9.17, 15) is 8.42 Å². The van der Waals surface area contributed by atoms with Crippen molar-refractivity contribution in [2.75, 3.05) is 20.8 Å². The van der Waals surface area contributed by atoms with Crippen LogP contribution < -0.4 is 14.2 Å². The van der Waals surface area contributed by atoms with E-state index in [0.29, 0.717) is 24.5 Å². The summed E-state index contributed by atoms with van der Waals surface area (Å²) in [6, 6.07) is 4.66. The summed E-state index contributed by atoms with van der Waals surface area (Å²) in [5.41, 5.74) is 0. The highest BCUT2D eigenvalue weighted by Crippen LogP contribution is 2.27. The monoisotopic (exact) mass is 285 g/mol. The van der Waals surface area contributed by atoms with Crippen molar-refractivity contribution < 1.29 is 17.9 Å². The van der Waals surface area contributed by atoms with Crippen LogP contribution in [0.2, 0.25) is 0 Å². The summed E-state index contributed by atoms with van der Waals surface area (Å²) in [7, 11) is -0.690. The van der Waals surface area contributed by atoms with Crippen LogP contribution in [0.4, 0.5) is 0 Å². The second-order valence-corrected chi connectivity index (χ2v) is 5.51. The van der Waals surface area contributed by atoms with Crippen LogP contribution in [0.1, 0.15) is 13.3 Å². The molecule has 1 aromatic carbocycles. The zero-order valence-corrected chi connectivity index (χ0v) is 12.2. The van der Waals surface area contributed by atoms with Crippen molar-refractivity contribution in [2.24, 2.45) is 0 Å². The van der Waals surface area contributed by atoms with Gasteiger partial charge < -0.3 is 9.47 Å². The van der Waals surface area contributed by atoms with Crippen molar-refractivity contribution in [3.05, 3.63) is 30.4 Å². The third-order valence-electron chi connectivity index (χ3n) is 2.50. The number of benzene rings is 1. The van der Waals surface area contributed by atoms with Gasteiger partial charge in [-0.1, -0.05) is 12.2 Å². The van der Waals surface area contributed by atoms with Crippen molar-refractivity contribution in [2.45, 2.75) is 18.2 Å². The lowest BCUT2D eigenvalue weighted by molar-refractivity contribution is 0.392. The Morgan fingerprint density at radius 3 is 2.58 bits per heavy atom. The van der Waals surface area contributed by atoms with E-state index in [0.717, 1.165) is 0 Å². The maximum atomic E-state index is 12.2. The summed E-state index contributed by atoms with van der Waals surface area (Å²) in [5, 5.41) is 0. The van der Waals surface area contributed by atoms with Crippen molar-refractivity contribution in [3.8, 4) is 11.5 Å². The van der Waals surface area contributed by atoms with E-state index in [-0.39, 0.29) is 4.90 Å². The fourth-order valence-corrected chi connectivity index (χ4v) is 2.74. The van der Waals surface area contributed by atoms with Gasteiger partial charge in [-0.05, 0) is 25.5 Å². The molecule has 0 atom stereocenters. The summed E-state index contributed by atoms with van der Waals surface area (Å²) in [4.78, 5) is 0.0785. The first-order valence-corrected chi connectivity index (χ1v) is 7.36. The lowest BCUT2D eigenvalue weighted by atomic mass is 10.3. The SMILES string of the molecule is C/C=C/CCNS(=O)(=O)c1cc(OC)ccc1OC. The van der Waals surface area contributed by atoms with Crippen LogP contribution >= 0.6 is 0 Å². The number of sulfonamides is 1. The smallest absolute Gasteiger partial charge is 0.244 e. The van der Waals surface area contributed by atoms with Gasteiger partial charge in [-0.2, -0.15) is 0 Å². The van der Waals surface area contributed by atoms with Crippen LogP contribution in [0.15, 0.2) is 35.2 Å². The quantitative estimate of drug-likeness (QED) is 0.614. The highest BCUT2D eigenvalue weighted by molar-refractivity contribution is 7.89. The van der Waals surface area contributed by atoms with E-state index in [4.69, 9.17) is 9.47 Å². The molecule has 106 valence electrons. The van der Waals surface area contributed by atoms with Crippen molar-refractivity contribution in [3.63, 3.8) is 0 Å². The molecule has 1 N–H and O–H groups in total. The van der Waals surface area contributed by atoms with Gasteiger partial charge >= 0.3 is 0 Å². The van der Waals surface area contributed by atoms with Gasteiger partial charge in [-0.3, -0.25) is 0 Å². The highest BCUT2D eigenvalue weighted by Gasteiger charge is 2.19. The second-order valence-electron chi connectivity index (χ2n) is 3.77. The average Bonchev–Trinajstić information content (AvgIpc) is 2.43. The summed E-state index contributed by atoms with van der Waals surface area (Å²) >= 11 is 0. The van der Waals surface area contributed by atoms with Gasteiger partial charge in [0.1, 0.15) is 16.4 Å². The van der Waals surface area contributed by atoms with Gasteiger partial charge in [-0.15, -0.1) is 0 Å². The molecule has 0 fully saturated rings. The lowest BCUT2D eigenvalue weighted by Gasteiger charge is -2.11. The van der Waals surface area contributed by atoms with Crippen molar-refractivity contribution in [1.82, 2.24) is 4.72 Å².